The molecule has 0 saturated heterocycles. The highest BCUT2D eigenvalue weighted by atomic mass is 16.5. The first-order chi connectivity index (χ1) is 16.1. The molecule has 3 aromatic rings. The van der Waals surface area contributed by atoms with E-state index < -0.39 is 29.9 Å². The number of nitrogens with zero attached hydrogens (tertiary/aromatic N) is 3. The molecule has 0 fully saturated rings. The number of ether oxygens (including phenoxy) is 1. The smallest absolute Gasteiger partial charge is 0.328 e. The molecule has 2 heterocycles. The highest BCUT2D eigenvalue weighted by Crippen LogP contribution is 2.31. The molecule has 0 aliphatic carbocycles. The SMILES string of the molecule is COC(=O)C(C)NC(=O)C(c1cccnc1)N(C(=O)c1cocn1)c1ccc(C(C)(C)C)cc1. The number of anilines is 1. The molecule has 2 aromatic heterocycles. The Morgan fingerprint density at radius 1 is 1.12 bits per heavy atom. The second-order valence-corrected chi connectivity index (χ2v) is 8.79. The van der Waals surface area contributed by atoms with Crippen LogP contribution in [0.25, 0.3) is 0 Å². The van der Waals surface area contributed by atoms with E-state index >= 15 is 0 Å². The Bertz CT molecular complexity index is 1120. The van der Waals surface area contributed by atoms with E-state index in [0.29, 0.717) is 11.3 Å². The summed E-state index contributed by atoms with van der Waals surface area (Å²) in [6, 6.07) is 8.65. The summed E-state index contributed by atoms with van der Waals surface area (Å²) in [5, 5.41) is 2.64. The molecule has 2 amide bonds. The number of rotatable bonds is 7. The van der Waals surface area contributed by atoms with Crippen LogP contribution in [0.5, 0.6) is 0 Å². The van der Waals surface area contributed by atoms with Crippen molar-refractivity contribution in [2.75, 3.05) is 12.0 Å². The number of aromatic nitrogens is 2. The van der Waals surface area contributed by atoms with Crippen LogP contribution in [0.4, 0.5) is 5.69 Å². The maximum Gasteiger partial charge on any atom is 0.328 e. The molecule has 3 rings (SSSR count). The lowest BCUT2D eigenvalue weighted by Gasteiger charge is -2.32. The molecule has 2 unspecified atom stereocenters. The van der Waals surface area contributed by atoms with Crippen molar-refractivity contribution in [2.45, 2.75) is 45.2 Å². The van der Waals surface area contributed by atoms with Crippen LogP contribution in [0, 0.1) is 0 Å². The van der Waals surface area contributed by atoms with E-state index in [4.69, 9.17) is 9.15 Å². The van der Waals surface area contributed by atoms with Crippen LogP contribution in [0.15, 0.2) is 65.9 Å². The molecule has 0 saturated carbocycles. The molecule has 0 spiro atoms. The van der Waals surface area contributed by atoms with Crippen LogP contribution in [-0.4, -0.2) is 40.9 Å². The predicted molar refractivity (Wildman–Crippen MR) is 125 cm³/mol. The Balaban J connectivity index is 2.12. The number of amides is 2. The maximum atomic E-state index is 13.6. The normalized spacial score (nSPS) is 13.0. The molecule has 9 nitrogen and oxygen atoms in total. The van der Waals surface area contributed by atoms with E-state index in [0.717, 1.165) is 12.0 Å². The second-order valence-electron chi connectivity index (χ2n) is 8.79. The van der Waals surface area contributed by atoms with Crippen molar-refractivity contribution in [3.63, 3.8) is 0 Å². The number of oxazole rings is 1. The van der Waals surface area contributed by atoms with Crippen molar-refractivity contribution in [3.05, 3.63) is 78.3 Å². The second kappa shape index (κ2) is 10.3. The number of hydrogen-bond acceptors (Lipinski definition) is 7. The van der Waals surface area contributed by atoms with E-state index in [2.05, 4.69) is 36.1 Å². The third kappa shape index (κ3) is 5.48. The van der Waals surface area contributed by atoms with Crippen LogP contribution in [0.2, 0.25) is 0 Å². The van der Waals surface area contributed by atoms with Gasteiger partial charge < -0.3 is 14.5 Å². The van der Waals surface area contributed by atoms with Gasteiger partial charge in [-0.1, -0.05) is 39.0 Å². The van der Waals surface area contributed by atoms with Crippen LogP contribution in [0.3, 0.4) is 0 Å². The Morgan fingerprint density at radius 3 is 2.35 bits per heavy atom. The Morgan fingerprint density at radius 2 is 1.82 bits per heavy atom. The molecule has 1 N–H and O–H groups in total. The quantitative estimate of drug-likeness (QED) is 0.533. The molecule has 0 aliphatic rings. The first-order valence-corrected chi connectivity index (χ1v) is 10.7. The molecular formula is C25H28N4O5. The molecule has 1 aromatic carbocycles. The number of nitrogens with one attached hydrogen (secondary N) is 1. The molecule has 178 valence electrons. The van der Waals surface area contributed by atoms with E-state index in [9.17, 15) is 14.4 Å². The highest BCUT2D eigenvalue weighted by molar-refractivity contribution is 6.09. The topological polar surface area (TPSA) is 115 Å². The zero-order chi connectivity index (χ0) is 24.9. The number of methoxy groups -OCH3 is 1. The minimum Gasteiger partial charge on any atom is -0.467 e. The summed E-state index contributed by atoms with van der Waals surface area (Å²) >= 11 is 0. The lowest BCUT2D eigenvalue weighted by atomic mass is 9.87. The number of esters is 1. The summed E-state index contributed by atoms with van der Waals surface area (Å²) in [4.78, 5) is 48.5. The fourth-order valence-electron chi connectivity index (χ4n) is 3.43. The predicted octanol–water partition coefficient (Wildman–Crippen LogP) is 3.43. The summed E-state index contributed by atoms with van der Waals surface area (Å²) in [5.74, 6) is -1.74. The van der Waals surface area contributed by atoms with Crippen LogP contribution < -0.4 is 10.2 Å². The largest absolute Gasteiger partial charge is 0.467 e. The fraction of sp³-hybridized carbons (Fsp3) is 0.320. The number of carbonyl (C=O) groups is 3. The van der Waals surface area contributed by atoms with Crippen LogP contribution in [0.1, 0.15) is 55.4 Å². The van der Waals surface area contributed by atoms with Crippen molar-refractivity contribution in [2.24, 2.45) is 0 Å². The van der Waals surface area contributed by atoms with Crippen molar-refractivity contribution >= 4 is 23.5 Å². The van der Waals surface area contributed by atoms with Gasteiger partial charge in [-0.05, 0) is 36.1 Å². The lowest BCUT2D eigenvalue weighted by molar-refractivity contribution is -0.144. The van der Waals surface area contributed by atoms with Gasteiger partial charge in [-0.25, -0.2) is 9.78 Å². The van der Waals surface area contributed by atoms with Gasteiger partial charge in [-0.3, -0.25) is 19.5 Å². The Hall–Kier alpha value is -4.01. The van der Waals surface area contributed by atoms with Gasteiger partial charge in [0.2, 0.25) is 5.91 Å². The van der Waals surface area contributed by atoms with Gasteiger partial charge in [0.1, 0.15) is 18.3 Å². The van der Waals surface area contributed by atoms with E-state index in [1.807, 2.05) is 12.1 Å². The maximum absolute atomic E-state index is 13.6. The third-order valence-electron chi connectivity index (χ3n) is 5.30. The standard InChI is InChI=1S/C25H28N4O5/c1-16(24(32)33-5)28-22(30)21(17-7-6-12-26-13-17)29(23(31)20-14-34-15-27-20)19-10-8-18(9-11-19)25(2,3)4/h6-16,21H,1-5H3,(H,28,30). The molecule has 0 bridgehead atoms. The fourth-order valence-corrected chi connectivity index (χ4v) is 3.43. The van der Waals surface area contributed by atoms with Gasteiger partial charge in [0.25, 0.3) is 5.91 Å². The van der Waals surface area contributed by atoms with Gasteiger partial charge in [0.05, 0.1) is 7.11 Å². The summed E-state index contributed by atoms with van der Waals surface area (Å²) in [7, 11) is 1.24. The van der Waals surface area contributed by atoms with Crippen molar-refractivity contribution in [1.82, 2.24) is 15.3 Å². The van der Waals surface area contributed by atoms with Gasteiger partial charge in [-0.15, -0.1) is 0 Å². The Kier molecular flexibility index (Phi) is 7.45. The summed E-state index contributed by atoms with van der Waals surface area (Å²) in [6.45, 7) is 7.76. The molecule has 9 heteroatoms. The van der Waals surface area contributed by atoms with Gasteiger partial charge >= 0.3 is 5.97 Å². The molecule has 0 aliphatic heterocycles. The zero-order valence-electron chi connectivity index (χ0n) is 19.8. The van der Waals surface area contributed by atoms with Gasteiger partial charge in [-0.2, -0.15) is 0 Å². The number of carbonyl (C=O) groups excluding carboxylic acids is 3. The van der Waals surface area contributed by atoms with E-state index in [-0.39, 0.29) is 11.1 Å². The average Bonchev–Trinajstić information content (AvgIpc) is 3.36. The minimum atomic E-state index is -1.15. The van der Waals surface area contributed by atoms with E-state index in [1.165, 1.54) is 31.4 Å². The van der Waals surface area contributed by atoms with E-state index in [1.54, 1.807) is 30.5 Å². The average molecular weight is 465 g/mol. The van der Waals surface area contributed by atoms with Crippen molar-refractivity contribution < 1.29 is 23.5 Å². The zero-order valence-corrected chi connectivity index (χ0v) is 19.8. The molecule has 34 heavy (non-hydrogen) atoms. The van der Waals surface area contributed by atoms with Gasteiger partial charge in [0.15, 0.2) is 12.1 Å². The summed E-state index contributed by atoms with van der Waals surface area (Å²) < 4.78 is 9.74. The summed E-state index contributed by atoms with van der Waals surface area (Å²) in [6.07, 6.45) is 5.43. The molecule has 2 atom stereocenters. The Labute approximate surface area is 198 Å². The van der Waals surface area contributed by atoms with Crippen molar-refractivity contribution in [1.29, 1.82) is 0 Å². The van der Waals surface area contributed by atoms with Crippen LogP contribution in [-0.2, 0) is 19.7 Å². The molecular weight excluding hydrogens is 436 g/mol. The lowest BCUT2D eigenvalue weighted by Crippen LogP contribution is -2.48. The minimum absolute atomic E-state index is 0.0302. The number of pyridine rings is 1. The summed E-state index contributed by atoms with van der Waals surface area (Å²) in [5.41, 5.74) is 1.91. The van der Waals surface area contributed by atoms with Crippen molar-refractivity contribution in [3.8, 4) is 0 Å². The number of benzene rings is 1. The highest BCUT2D eigenvalue weighted by Gasteiger charge is 2.36. The van der Waals surface area contributed by atoms with Crippen LogP contribution >= 0.6 is 0 Å². The monoisotopic (exact) mass is 464 g/mol. The first-order valence-electron chi connectivity index (χ1n) is 10.7. The molecule has 0 radical (unpaired) electrons. The number of hydrogen-bond donors (Lipinski definition) is 1. The van der Waals surface area contributed by atoms with Gasteiger partial charge in [0, 0.05) is 23.6 Å². The third-order valence-corrected chi connectivity index (χ3v) is 5.30. The first kappa shape index (κ1) is 24.6.